The van der Waals surface area contributed by atoms with Crippen molar-refractivity contribution in [2.75, 3.05) is 33.4 Å². The molecule has 1 aliphatic rings. The van der Waals surface area contributed by atoms with Crippen LogP contribution in [0.5, 0.6) is 5.75 Å². The number of halogens is 1. The average molecular weight is 356 g/mol. The summed E-state index contributed by atoms with van der Waals surface area (Å²) in [6, 6.07) is 6.42. The van der Waals surface area contributed by atoms with Gasteiger partial charge in [-0.1, -0.05) is 13.0 Å². The Morgan fingerprint density at radius 3 is 2.71 bits per heavy atom. The maximum Gasteiger partial charge on any atom is 0.133 e. The van der Waals surface area contributed by atoms with E-state index in [0.717, 1.165) is 55.8 Å². The number of benzene rings is 1. The molecule has 0 atom stereocenters. The largest absolute Gasteiger partial charge is 0.496 e. The standard InChI is InChI=1S/C17H26BrNO2/c1-3-8-19-13-17(6-9-21-10-7-17)12-14-4-5-16(20-2)15(18)11-14/h4-5,11,19H,3,6-10,12-13H2,1-2H3. The van der Waals surface area contributed by atoms with Crippen LogP contribution in [0.1, 0.15) is 31.7 Å². The van der Waals surface area contributed by atoms with Crippen molar-refractivity contribution >= 4 is 15.9 Å². The molecule has 1 aliphatic heterocycles. The maximum absolute atomic E-state index is 5.57. The molecule has 4 heteroatoms. The molecule has 1 fully saturated rings. The Labute approximate surface area is 136 Å². The topological polar surface area (TPSA) is 30.5 Å². The maximum atomic E-state index is 5.57. The second-order valence-electron chi connectivity index (χ2n) is 5.93. The van der Waals surface area contributed by atoms with Gasteiger partial charge in [0.25, 0.3) is 0 Å². The van der Waals surface area contributed by atoms with Crippen molar-refractivity contribution in [2.45, 2.75) is 32.6 Å². The van der Waals surface area contributed by atoms with Gasteiger partial charge in [-0.2, -0.15) is 0 Å². The minimum atomic E-state index is 0.321. The average Bonchev–Trinajstić information content (AvgIpc) is 2.49. The fraction of sp³-hybridized carbons (Fsp3) is 0.647. The number of nitrogens with one attached hydrogen (secondary N) is 1. The Bertz CT molecular complexity index is 444. The Balaban J connectivity index is 2.08. The van der Waals surface area contributed by atoms with Crippen molar-refractivity contribution in [1.82, 2.24) is 5.32 Å². The predicted octanol–water partition coefficient (Wildman–Crippen LogP) is 3.80. The van der Waals surface area contributed by atoms with Crippen molar-refractivity contribution in [1.29, 1.82) is 0 Å². The molecule has 0 radical (unpaired) electrons. The van der Waals surface area contributed by atoms with Crippen LogP contribution in [0.2, 0.25) is 0 Å². The highest BCUT2D eigenvalue weighted by Gasteiger charge is 2.32. The Hall–Kier alpha value is -0.580. The number of hydrogen-bond donors (Lipinski definition) is 1. The van der Waals surface area contributed by atoms with Crippen molar-refractivity contribution in [3.63, 3.8) is 0 Å². The number of rotatable bonds is 7. The summed E-state index contributed by atoms with van der Waals surface area (Å²) in [5.74, 6) is 0.892. The number of methoxy groups -OCH3 is 1. The smallest absolute Gasteiger partial charge is 0.133 e. The number of ether oxygens (including phenoxy) is 2. The second kappa shape index (κ2) is 8.16. The molecule has 1 aromatic rings. The van der Waals surface area contributed by atoms with Crippen LogP contribution in [0.15, 0.2) is 22.7 Å². The van der Waals surface area contributed by atoms with E-state index in [-0.39, 0.29) is 0 Å². The van der Waals surface area contributed by atoms with Gasteiger partial charge in [0.2, 0.25) is 0 Å². The first-order valence-corrected chi connectivity index (χ1v) is 8.59. The minimum Gasteiger partial charge on any atom is -0.496 e. The summed E-state index contributed by atoms with van der Waals surface area (Å²) >= 11 is 3.59. The fourth-order valence-electron chi connectivity index (χ4n) is 3.00. The van der Waals surface area contributed by atoms with Crippen molar-refractivity contribution < 1.29 is 9.47 Å². The van der Waals surface area contributed by atoms with Crippen molar-refractivity contribution in [3.8, 4) is 5.75 Å². The summed E-state index contributed by atoms with van der Waals surface area (Å²) in [5.41, 5.74) is 1.68. The lowest BCUT2D eigenvalue weighted by atomic mass is 9.75. The molecular weight excluding hydrogens is 330 g/mol. The zero-order valence-electron chi connectivity index (χ0n) is 13.1. The molecule has 21 heavy (non-hydrogen) atoms. The summed E-state index contributed by atoms with van der Waals surface area (Å²) < 4.78 is 11.9. The number of hydrogen-bond acceptors (Lipinski definition) is 3. The van der Waals surface area contributed by atoms with E-state index < -0.39 is 0 Å². The monoisotopic (exact) mass is 355 g/mol. The minimum absolute atomic E-state index is 0.321. The molecule has 0 spiro atoms. The van der Waals surface area contributed by atoms with Gasteiger partial charge >= 0.3 is 0 Å². The molecule has 0 amide bonds. The van der Waals surface area contributed by atoms with Crippen molar-refractivity contribution in [3.05, 3.63) is 28.2 Å². The Kier molecular flexibility index (Phi) is 6.52. The molecule has 0 aromatic heterocycles. The molecule has 1 N–H and O–H groups in total. The first-order valence-electron chi connectivity index (χ1n) is 7.80. The van der Waals surface area contributed by atoms with E-state index in [4.69, 9.17) is 9.47 Å². The van der Waals surface area contributed by atoms with E-state index in [1.54, 1.807) is 7.11 Å². The summed E-state index contributed by atoms with van der Waals surface area (Å²) in [6.07, 6.45) is 4.54. The zero-order valence-corrected chi connectivity index (χ0v) is 14.7. The molecule has 0 unspecified atom stereocenters. The third kappa shape index (κ3) is 4.70. The lowest BCUT2D eigenvalue weighted by molar-refractivity contribution is 0.0150. The van der Waals surface area contributed by atoms with Gasteiger partial charge in [0.1, 0.15) is 5.75 Å². The molecule has 1 aromatic carbocycles. The van der Waals surface area contributed by atoms with E-state index in [2.05, 4.69) is 40.3 Å². The van der Waals surface area contributed by atoms with Gasteiger partial charge in [-0.05, 0) is 71.3 Å². The van der Waals surface area contributed by atoms with Crippen LogP contribution >= 0.6 is 15.9 Å². The van der Waals surface area contributed by atoms with E-state index >= 15 is 0 Å². The van der Waals surface area contributed by atoms with Crippen LogP contribution in [0, 0.1) is 5.41 Å². The highest BCUT2D eigenvalue weighted by atomic mass is 79.9. The van der Waals surface area contributed by atoms with Gasteiger partial charge in [0, 0.05) is 19.8 Å². The van der Waals surface area contributed by atoms with Crippen LogP contribution in [-0.2, 0) is 11.2 Å². The van der Waals surface area contributed by atoms with Gasteiger partial charge < -0.3 is 14.8 Å². The normalized spacial score (nSPS) is 17.7. The van der Waals surface area contributed by atoms with Crippen molar-refractivity contribution in [2.24, 2.45) is 5.41 Å². The Morgan fingerprint density at radius 1 is 1.33 bits per heavy atom. The molecule has 2 rings (SSSR count). The van der Waals surface area contributed by atoms with Crippen LogP contribution < -0.4 is 10.1 Å². The molecule has 118 valence electrons. The Morgan fingerprint density at radius 2 is 2.10 bits per heavy atom. The molecule has 3 nitrogen and oxygen atoms in total. The first kappa shape index (κ1) is 16.8. The highest BCUT2D eigenvalue weighted by Crippen LogP contribution is 2.35. The predicted molar refractivity (Wildman–Crippen MR) is 90.0 cm³/mol. The highest BCUT2D eigenvalue weighted by molar-refractivity contribution is 9.10. The summed E-state index contributed by atoms with van der Waals surface area (Å²) in [5, 5.41) is 3.61. The van der Waals surface area contributed by atoms with E-state index in [9.17, 15) is 0 Å². The SMILES string of the molecule is CCCNCC1(Cc2ccc(OC)c(Br)c2)CCOCC1. The summed E-state index contributed by atoms with van der Waals surface area (Å²) in [7, 11) is 1.70. The molecule has 0 aliphatic carbocycles. The van der Waals surface area contributed by atoms with Crippen LogP contribution in [0.4, 0.5) is 0 Å². The quantitative estimate of drug-likeness (QED) is 0.754. The van der Waals surface area contributed by atoms with E-state index in [1.165, 1.54) is 12.0 Å². The lowest BCUT2D eigenvalue weighted by Gasteiger charge is -2.38. The molecule has 1 saturated heterocycles. The second-order valence-corrected chi connectivity index (χ2v) is 6.79. The summed E-state index contributed by atoms with van der Waals surface area (Å²) in [6.45, 7) is 6.14. The van der Waals surface area contributed by atoms with Gasteiger partial charge in [-0.3, -0.25) is 0 Å². The van der Waals surface area contributed by atoms with Gasteiger partial charge in [0.05, 0.1) is 11.6 Å². The first-order chi connectivity index (χ1) is 10.2. The molecular formula is C17H26BrNO2. The van der Waals surface area contributed by atoms with E-state index in [0.29, 0.717) is 5.41 Å². The molecule has 0 saturated carbocycles. The zero-order chi connectivity index (χ0) is 15.1. The van der Waals surface area contributed by atoms with Gasteiger partial charge in [-0.15, -0.1) is 0 Å². The fourth-order valence-corrected chi connectivity index (χ4v) is 3.59. The summed E-state index contributed by atoms with van der Waals surface area (Å²) in [4.78, 5) is 0. The van der Waals surface area contributed by atoms with E-state index in [1.807, 2.05) is 6.07 Å². The van der Waals surface area contributed by atoms with Crippen LogP contribution in [-0.4, -0.2) is 33.4 Å². The lowest BCUT2D eigenvalue weighted by Crippen LogP contribution is -2.41. The van der Waals surface area contributed by atoms with Crippen LogP contribution in [0.3, 0.4) is 0 Å². The molecule has 0 bridgehead atoms. The third-order valence-corrected chi connectivity index (χ3v) is 4.90. The van der Waals surface area contributed by atoms with Crippen LogP contribution in [0.25, 0.3) is 0 Å². The molecule has 1 heterocycles. The third-order valence-electron chi connectivity index (χ3n) is 4.28. The van der Waals surface area contributed by atoms with Gasteiger partial charge in [-0.25, -0.2) is 0 Å². The van der Waals surface area contributed by atoms with Gasteiger partial charge in [0.15, 0.2) is 0 Å².